The first-order chi connectivity index (χ1) is 8.85. The zero-order valence-corrected chi connectivity index (χ0v) is 12.4. The first-order valence-corrected chi connectivity index (χ1v) is 8.26. The highest BCUT2D eigenvalue weighted by Crippen LogP contribution is 2.30. The lowest BCUT2D eigenvalue weighted by atomic mass is 10.1. The Labute approximate surface area is 114 Å². The van der Waals surface area contributed by atoms with Gasteiger partial charge in [0.2, 0.25) is 0 Å². The van der Waals surface area contributed by atoms with Crippen LogP contribution in [-0.2, 0) is 15.6 Å². The van der Waals surface area contributed by atoms with Crippen molar-refractivity contribution in [2.45, 2.75) is 32.6 Å². The minimum Gasteiger partial charge on any atom is -0.398 e. The quantitative estimate of drug-likeness (QED) is 0.876. The maximum Gasteiger partial charge on any atom is 0.154 e. The van der Waals surface area contributed by atoms with Crippen molar-refractivity contribution in [3.8, 4) is 0 Å². The maximum absolute atomic E-state index is 11.9. The van der Waals surface area contributed by atoms with E-state index in [-0.39, 0.29) is 17.5 Å². The molecule has 0 unspecified atom stereocenters. The first-order valence-electron chi connectivity index (χ1n) is 6.44. The van der Waals surface area contributed by atoms with Gasteiger partial charge in [-0.3, -0.25) is 0 Å². The van der Waals surface area contributed by atoms with E-state index in [1.807, 2.05) is 24.4 Å². The summed E-state index contributed by atoms with van der Waals surface area (Å²) in [4.78, 5) is 0. The van der Waals surface area contributed by atoms with Gasteiger partial charge in [-0.15, -0.1) is 0 Å². The molecule has 19 heavy (non-hydrogen) atoms. The number of nitrogens with zero attached hydrogens (tertiary/aromatic N) is 1. The Kier molecular flexibility index (Phi) is 3.58. The lowest BCUT2D eigenvalue weighted by Crippen LogP contribution is -2.06. The highest BCUT2D eigenvalue weighted by molar-refractivity contribution is 7.90. The number of sulfone groups is 1. The number of rotatable bonds is 4. The second-order valence-corrected chi connectivity index (χ2v) is 7.43. The standard InChI is InChI=1S/C14H20N2O2S/c1-4-19(17,18)9-11-8-16(10(2)3)13-7-5-6-12(15)14(11)13/h5-8,10H,4,9,15H2,1-3H3. The molecular weight excluding hydrogens is 260 g/mol. The van der Waals surface area contributed by atoms with Gasteiger partial charge in [0.15, 0.2) is 9.84 Å². The Hall–Kier alpha value is -1.49. The van der Waals surface area contributed by atoms with Gasteiger partial charge in [-0.1, -0.05) is 13.0 Å². The topological polar surface area (TPSA) is 65.1 Å². The third kappa shape index (κ3) is 2.61. The molecule has 5 heteroatoms. The predicted octanol–water partition coefficient (Wildman–Crippen LogP) is 2.74. The average Bonchev–Trinajstić information content (AvgIpc) is 2.69. The number of hydrogen-bond acceptors (Lipinski definition) is 3. The number of anilines is 1. The van der Waals surface area contributed by atoms with Crippen LogP contribution < -0.4 is 5.73 Å². The summed E-state index contributed by atoms with van der Waals surface area (Å²) in [6.07, 6.45) is 1.92. The minimum atomic E-state index is -3.06. The number of aromatic nitrogens is 1. The van der Waals surface area contributed by atoms with Gasteiger partial charge in [0, 0.05) is 29.1 Å². The van der Waals surface area contributed by atoms with Gasteiger partial charge in [-0.2, -0.15) is 0 Å². The van der Waals surface area contributed by atoms with Gasteiger partial charge in [0.1, 0.15) is 0 Å². The highest BCUT2D eigenvalue weighted by Gasteiger charge is 2.17. The normalized spacial score (nSPS) is 12.4. The molecule has 0 radical (unpaired) electrons. The number of hydrogen-bond donors (Lipinski definition) is 1. The molecule has 1 aromatic carbocycles. The molecule has 0 amide bonds. The molecule has 0 aliphatic heterocycles. The van der Waals surface area contributed by atoms with Gasteiger partial charge in [-0.25, -0.2) is 8.42 Å². The molecule has 4 nitrogen and oxygen atoms in total. The predicted molar refractivity (Wildman–Crippen MR) is 79.9 cm³/mol. The van der Waals surface area contributed by atoms with Crippen molar-refractivity contribution in [2.75, 3.05) is 11.5 Å². The van der Waals surface area contributed by atoms with Crippen LogP contribution in [0.2, 0.25) is 0 Å². The molecule has 0 aliphatic carbocycles. The van der Waals surface area contributed by atoms with Gasteiger partial charge in [-0.05, 0) is 31.5 Å². The van der Waals surface area contributed by atoms with Crippen molar-refractivity contribution in [3.05, 3.63) is 30.0 Å². The number of benzene rings is 1. The van der Waals surface area contributed by atoms with Crippen LogP contribution in [0.4, 0.5) is 5.69 Å². The first kappa shape index (κ1) is 13.9. The Morgan fingerprint density at radius 1 is 1.32 bits per heavy atom. The number of nitrogen functional groups attached to an aromatic ring is 1. The van der Waals surface area contributed by atoms with E-state index >= 15 is 0 Å². The summed E-state index contributed by atoms with van der Waals surface area (Å²) in [6.45, 7) is 5.81. The lowest BCUT2D eigenvalue weighted by Gasteiger charge is -2.08. The molecule has 104 valence electrons. The van der Waals surface area contributed by atoms with E-state index in [1.165, 1.54) is 0 Å². The van der Waals surface area contributed by atoms with Crippen molar-refractivity contribution in [1.82, 2.24) is 4.57 Å². The van der Waals surface area contributed by atoms with Crippen LogP contribution in [-0.4, -0.2) is 18.7 Å². The van der Waals surface area contributed by atoms with Crippen molar-refractivity contribution < 1.29 is 8.42 Å². The fraction of sp³-hybridized carbons (Fsp3) is 0.429. The third-order valence-electron chi connectivity index (χ3n) is 3.34. The van der Waals surface area contributed by atoms with Crippen LogP contribution in [0.1, 0.15) is 32.4 Å². The third-order valence-corrected chi connectivity index (χ3v) is 4.97. The van der Waals surface area contributed by atoms with Gasteiger partial charge < -0.3 is 10.3 Å². The van der Waals surface area contributed by atoms with E-state index in [0.29, 0.717) is 5.69 Å². The fourth-order valence-electron chi connectivity index (χ4n) is 2.30. The Morgan fingerprint density at radius 2 is 2.00 bits per heavy atom. The summed E-state index contributed by atoms with van der Waals surface area (Å²) in [6, 6.07) is 5.96. The van der Waals surface area contributed by atoms with Crippen LogP contribution in [0.15, 0.2) is 24.4 Å². The summed E-state index contributed by atoms with van der Waals surface area (Å²) in [5, 5.41) is 0.869. The summed E-state index contributed by atoms with van der Waals surface area (Å²) in [5.74, 6) is 0.196. The summed E-state index contributed by atoms with van der Waals surface area (Å²) in [7, 11) is -3.06. The van der Waals surface area contributed by atoms with Crippen molar-refractivity contribution in [2.24, 2.45) is 0 Å². The number of nitrogens with two attached hydrogens (primary N) is 1. The summed E-state index contributed by atoms with van der Waals surface area (Å²) >= 11 is 0. The molecule has 0 saturated heterocycles. The molecule has 2 rings (SSSR count). The molecule has 0 aliphatic rings. The summed E-state index contributed by atoms with van der Waals surface area (Å²) < 4.78 is 25.8. The number of fused-ring (bicyclic) bond motifs is 1. The smallest absolute Gasteiger partial charge is 0.154 e. The van der Waals surface area contributed by atoms with Crippen LogP contribution in [0.25, 0.3) is 10.9 Å². The molecule has 0 spiro atoms. The van der Waals surface area contributed by atoms with E-state index in [9.17, 15) is 8.42 Å². The second kappa shape index (κ2) is 4.89. The van der Waals surface area contributed by atoms with E-state index in [2.05, 4.69) is 18.4 Å². The largest absolute Gasteiger partial charge is 0.398 e. The lowest BCUT2D eigenvalue weighted by molar-refractivity contribution is 0.595. The Balaban J connectivity index is 2.68. The monoisotopic (exact) mass is 280 g/mol. The van der Waals surface area contributed by atoms with Gasteiger partial charge >= 0.3 is 0 Å². The second-order valence-electron chi connectivity index (χ2n) is 5.07. The Morgan fingerprint density at radius 3 is 2.58 bits per heavy atom. The van der Waals surface area contributed by atoms with Crippen LogP contribution in [0.5, 0.6) is 0 Å². The van der Waals surface area contributed by atoms with Crippen molar-refractivity contribution >= 4 is 26.4 Å². The molecule has 1 aromatic heterocycles. The van der Waals surface area contributed by atoms with E-state index in [1.54, 1.807) is 6.92 Å². The fourth-order valence-corrected chi connectivity index (χ4v) is 3.20. The zero-order valence-electron chi connectivity index (χ0n) is 11.6. The maximum atomic E-state index is 11.9. The SMILES string of the molecule is CCS(=O)(=O)Cc1cn(C(C)C)c2cccc(N)c12. The summed E-state index contributed by atoms with van der Waals surface area (Å²) in [5.41, 5.74) is 8.45. The van der Waals surface area contributed by atoms with E-state index in [0.717, 1.165) is 16.5 Å². The molecular formula is C14H20N2O2S. The molecule has 0 bridgehead atoms. The van der Waals surface area contributed by atoms with Crippen molar-refractivity contribution in [1.29, 1.82) is 0 Å². The van der Waals surface area contributed by atoms with Gasteiger partial charge in [0.05, 0.1) is 11.3 Å². The van der Waals surface area contributed by atoms with Crippen molar-refractivity contribution in [3.63, 3.8) is 0 Å². The van der Waals surface area contributed by atoms with E-state index in [4.69, 9.17) is 5.73 Å². The highest BCUT2D eigenvalue weighted by atomic mass is 32.2. The van der Waals surface area contributed by atoms with E-state index < -0.39 is 9.84 Å². The zero-order chi connectivity index (χ0) is 14.2. The molecule has 0 fully saturated rings. The molecule has 2 aromatic rings. The van der Waals surface area contributed by atoms with Crippen LogP contribution in [0, 0.1) is 0 Å². The Bertz CT molecular complexity index is 700. The average molecular weight is 280 g/mol. The molecule has 0 saturated carbocycles. The molecule has 2 N–H and O–H groups in total. The molecule has 0 atom stereocenters. The molecule has 1 heterocycles. The van der Waals surface area contributed by atoms with Crippen LogP contribution in [0.3, 0.4) is 0 Å². The van der Waals surface area contributed by atoms with Gasteiger partial charge in [0.25, 0.3) is 0 Å². The minimum absolute atomic E-state index is 0.0495. The van der Waals surface area contributed by atoms with Crippen LogP contribution >= 0.6 is 0 Å².